The van der Waals surface area contributed by atoms with Gasteiger partial charge in [0.1, 0.15) is 0 Å². The third kappa shape index (κ3) is 2.06. The second kappa shape index (κ2) is 4.45. The summed E-state index contributed by atoms with van der Waals surface area (Å²) < 4.78 is 0. The van der Waals surface area contributed by atoms with E-state index in [1.807, 2.05) is 0 Å². The number of hydrogen-bond donors (Lipinski definition) is 0. The van der Waals surface area contributed by atoms with Crippen LogP contribution in [0.15, 0.2) is 12.1 Å². The standard InChI is InChI=1S/C10H7Cl2NO/c1-6(14)10-7(5-13-2)8(11)3-4-9(10)12/h3-4H,5H2,1H3. The largest absolute Gasteiger partial charge is 0.312 e. The van der Waals surface area contributed by atoms with Crippen molar-refractivity contribution in [1.29, 1.82) is 0 Å². The summed E-state index contributed by atoms with van der Waals surface area (Å²) in [5.74, 6) is -0.170. The van der Waals surface area contributed by atoms with Crippen molar-refractivity contribution in [2.24, 2.45) is 0 Å². The Morgan fingerprint density at radius 2 is 2.00 bits per heavy atom. The molecule has 0 saturated carbocycles. The molecule has 0 radical (unpaired) electrons. The maximum absolute atomic E-state index is 11.3. The van der Waals surface area contributed by atoms with Crippen LogP contribution in [-0.2, 0) is 6.54 Å². The molecule has 0 unspecified atom stereocenters. The lowest BCUT2D eigenvalue weighted by Gasteiger charge is -2.05. The van der Waals surface area contributed by atoms with E-state index < -0.39 is 0 Å². The molecule has 0 heterocycles. The second-order valence-corrected chi connectivity index (χ2v) is 3.57. The van der Waals surface area contributed by atoms with E-state index in [-0.39, 0.29) is 12.3 Å². The predicted octanol–water partition coefficient (Wildman–Crippen LogP) is 3.62. The molecular weight excluding hydrogens is 221 g/mol. The highest BCUT2D eigenvalue weighted by molar-refractivity contribution is 6.36. The number of carbonyl (C=O) groups excluding carboxylic acids is 1. The van der Waals surface area contributed by atoms with Gasteiger partial charge in [-0.25, -0.2) is 6.57 Å². The van der Waals surface area contributed by atoms with Crippen molar-refractivity contribution in [3.8, 4) is 0 Å². The Labute approximate surface area is 92.3 Å². The number of carbonyl (C=O) groups is 1. The number of benzene rings is 1. The molecule has 0 aliphatic heterocycles. The van der Waals surface area contributed by atoms with Gasteiger partial charge in [0.05, 0.1) is 15.6 Å². The lowest BCUT2D eigenvalue weighted by atomic mass is 10.0. The summed E-state index contributed by atoms with van der Waals surface area (Å²) in [5, 5.41) is 0.760. The molecule has 0 bridgehead atoms. The minimum Gasteiger partial charge on any atom is -0.312 e. The van der Waals surface area contributed by atoms with Crippen LogP contribution in [-0.4, -0.2) is 5.78 Å². The average molecular weight is 228 g/mol. The Hall–Kier alpha value is -1.04. The van der Waals surface area contributed by atoms with Crippen LogP contribution in [0.4, 0.5) is 0 Å². The zero-order chi connectivity index (χ0) is 10.7. The van der Waals surface area contributed by atoms with E-state index in [0.717, 1.165) is 0 Å². The van der Waals surface area contributed by atoms with Gasteiger partial charge in [0, 0.05) is 5.56 Å². The van der Waals surface area contributed by atoms with E-state index in [4.69, 9.17) is 29.8 Å². The molecule has 0 spiro atoms. The highest BCUT2D eigenvalue weighted by Crippen LogP contribution is 2.28. The molecule has 0 aliphatic carbocycles. The van der Waals surface area contributed by atoms with E-state index >= 15 is 0 Å². The van der Waals surface area contributed by atoms with Gasteiger partial charge >= 0.3 is 0 Å². The van der Waals surface area contributed by atoms with Crippen molar-refractivity contribution in [3.05, 3.63) is 44.7 Å². The lowest BCUT2D eigenvalue weighted by molar-refractivity contribution is 0.101. The molecule has 4 heteroatoms. The van der Waals surface area contributed by atoms with Crippen LogP contribution < -0.4 is 0 Å². The van der Waals surface area contributed by atoms with Crippen LogP contribution in [0.1, 0.15) is 22.8 Å². The van der Waals surface area contributed by atoms with Gasteiger partial charge in [-0.2, -0.15) is 0 Å². The number of ketones is 1. The fourth-order valence-electron chi connectivity index (χ4n) is 1.21. The first-order valence-electron chi connectivity index (χ1n) is 3.89. The number of hydrogen-bond acceptors (Lipinski definition) is 1. The van der Waals surface area contributed by atoms with Gasteiger partial charge in [0.2, 0.25) is 6.54 Å². The van der Waals surface area contributed by atoms with Gasteiger partial charge in [-0.05, 0) is 19.1 Å². The van der Waals surface area contributed by atoms with Crippen molar-refractivity contribution < 1.29 is 4.79 Å². The summed E-state index contributed by atoms with van der Waals surface area (Å²) in [7, 11) is 0. The Balaban J connectivity index is 3.43. The average Bonchev–Trinajstić information content (AvgIpc) is 2.11. The second-order valence-electron chi connectivity index (χ2n) is 2.76. The van der Waals surface area contributed by atoms with Crippen molar-refractivity contribution in [2.45, 2.75) is 13.5 Å². The van der Waals surface area contributed by atoms with Crippen LogP contribution in [0.5, 0.6) is 0 Å². The lowest BCUT2D eigenvalue weighted by Crippen LogP contribution is -2.00. The van der Waals surface area contributed by atoms with E-state index in [9.17, 15) is 4.79 Å². The summed E-state index contributed by atoms with van der Waals surface area (Å²) in [5.41, 5.74) is 0.872. The topological polar surface area (TPSA) is 21.4 Å². The van der Waals surface area contributed by atoms with Crippen molar-refractivity contribution in [3.63, 3.8) is 0 Å². The molecular formula is C10H7Cl2NO. The predicted molar refractivity (Wildman–Crippen MR) is 56.8 cm³/mol. The van der Waals surface area contributed by atoms with E-state index in [2.05, 4.69) is 4.85 Å². The molecule has 0 amide bonds. The van der Waals surface area contributed by atoms with Crippen LogP contribution in [0.25, 0.3) is 4.85 Å². The summed E-state index contributed by atoms with van der Waals surface area (Å²) >= 11 is 11.7. The van der Waals surface area contributed by atoms with E-state index in [0.29, 0.717) is 21.2 Å². The molecule has 0 N–H and O–H groups in total. The summed E-state index contributed by atoms with van der Waals surface area (Å²) in [6.07, 6.45) is 0. The van der Waals surface area contributed by atoms with Crippen LogP contribution >= 0.6 is 23.2 Å². The van der Waals surface area contributed by atoms with E-state index in [1.165, 1.54) is 6.92 Å². The highest BCUT2D eigenvalue weighted by atomic mass is 35.5. The molecule has 1 aromatic carbocycles. The zero-order valence-electron chi connectivity index (χ0n) is 7.47. The third-order valence-electron chi connectivity index (χ3n) is 1.79. The van der Waals surface area contributed by atoms with Crippen molar-refractivity contribution >= 4 is 29.0 Å². The molecule has 0 aliphatic rings. The van der Waals surface area contributed by atoms with Crippen LogP contribution in [0, 0.1) is 6.57 Å². The summed E-state index contributed by atoms with van der Waals surface area (Å²) in [4.78, 5) is 14.5. The third-order valence-corrected chi connectivity index (χ3v) is 2.46. The number of nitrogens with zero attached hydrogens (tertiary/aromatic N) is 1. The van der Waals surface area contributed by atoms with Crippen molar-refractivity contribution in [1.82, 2.24) is 0 Å². The zero-order valence-corrected chi connectivity index (χ0v) is 8.99. The maximum atomic E-state index is 11.3. The van der Waals surface area contributed by atoms with E-state index in [1.54, 1.807) is 12.1 Å². The quantitative estimate of drug-likeness (QED) is 0.559. The molecule has 14 heavy (non-hydrogen) atoms. The first-order chi connectivity index (χ1) is 6.57. The number of Topliss-reactive ketones (excluding diaryl/α,β-unsaturated/α-hetero) is 1. The first-order valence-corrected chi connectivity index (χ1v) is 4.64. The Bertz CT molecular complexity index is 421. The Kier molecular flexibility index (Phi) is 3.51. The molecule has 0 atom stereocenters. The number of halogens is 2. The monoisotopic (exact) mass is 227 g/mol. The summed E-state index contributed by atoms with van der Waals surface area (Å²) in [6, 6.07) is 3.16. The fourth-order valence-corrected chi connectivity index (χ4v) is 1.74. The van der Waals surface area contributed by atoms with Gasteiger partial charge < -0.3 is 4.85 Å². The smallest absolute Gasteiger partial charge is 0.241 e. The van der Waals surface area contributed by atoms with Gasteiger partial charge in [-0.15, -0.1) is 0 Å². The molecule has 2 nitrogen and oxygen atoms in total. The van der Waals surface area contributed by atoms with Crippen molar-refractivity contribution in [2.75, 3.05) is 0 Å². The first kappa shape index (κ1) is 11.0. The maximum Gasteiger partial charge on any atom is 0.241 e. The SMILES string of the molecule is [C-]#[N+]Cc1c(Cl)ccc(Cl)c1C(C)=O. The van der Waals surface area contributed by atoms with Crippen LogP contribution in [0.2, 0.25) is 10.0 Å². The van der Waals surface area contributed by atoms with Gasteiger partial charge in [0.25, 0.3) is 0 Å². The minimum absolute atomic E-state index is 0.0777. The minimum atomic E-state index is -0.170. The number of rotatable bonds is 2. The molecule has 0 aromatic heterocycles. The van der Waals surface area contributed by atoms with Crippen LogP contribution in [0.3, 0.4) is 0 Å². The Morgan fingerprint density at radius 1 is 1.43 bits per heavy atom. The van der Waals surface area contributed by atoms with Gasteiger partial charge in [-0.3, -0.25) is 4.79 Å². The molecule has 72 valence electrons. The molecule has 0 fully saturated rings. The Morgan fingerprint density at radius 3 is 2.50 bits per heavy atom. The van der Waals surface area contributed by atoms with Gasteiger partial charge in [-0.1, -0.05) is 23.2 Å². The normalized spacial score (nSPS) is 9.57. The summed E-state index contributed by atoms with van der Waals surface area (Å²) in [6.45, 7) is 8.24. The molecule has 0 saturated heterocycles. The molecule has 1 aromatic rings. The highest BCUT2D eigenvalue weighted by Gasteiger charge is 2.16. The molecule has 1 rings (SSSR count). The van der Waals surface area contributed by atoms with Gasteiger partial charge in [0.15, 0.2) is 5.78 Å². The fraction of sp³-hybridized carbons (Fsp3) is 0.200.